The van der Waals surface area contributed by atoms with E-state index in [-0.39, 0.29) is 23.9 Å². The highest BCUT2D eigenvalue weighted by Crippen LogP contribution is 2.31. The normalized spacial score (nSPS) is 17.2. The molecule has 2 aromatic carbocycles. The van der Waals surface area contributed by atoms with Gasteiger partial charge in [0.25, 0.3) is 0 Å². The zero-order valence-corrected chi connectivity index (χ0v) is 18.7. The number of halogens is 3. The maximum absolute atomic E-state index is 13.0. The number of aryl methyl sites for hydroxylation is 1. The number of benzene rings is 2. The molecule has 0 bridgehead atoms. The maximum atomic E-state index is 13.0. The van der Waals surface area contributed by atoms with Crippen molar-refractivity contribution >= 4 is 21.6 Å². The number of nitrogens with one attached hydrogen (secondary N) is 1. The van der Waals surface area contributed by atoms with E-state index in [2.05, 4.69) is 5.32 Å². The molecule has 3 rings (SSSR count). The van der Waals surface area contributed by atoms with Crippen molar-refractivity contribution in [1.82, 2.24) is 9.21 Å². The summed E-state index contributed by atoms with van der Waals surface area (Å²) < 4.78 is 65.7. The van der Waals surface area contributed by atoms with Crippen LogP contribution in [0.5, 0.6) is 0 Å². The molecule has 0 saturated carbocycles. The first-order valence-electron chi connectivity index (χ1n) is 10.3. The van der Waals surface area contributed by atoms with Gasteiger partial charge in [-0.25, -0.2) is 8.42 Å². The molecule has 1 N–H and O–H groups in total. The van der Waals surface area contributed by atoms with Gasteiger partial charge in [0.15, 0.2) is 0 Å². The number of carbonyl (C=O) groups excluding carboxylic acids is 1. The fourth-order valence-corrected chi connectivity index (χ4v) is 5.02. The number of piperazine rings is 1. The second-order valence-electron chi connectivity index (χ2n) is 7.68. The summed E-state index contributed by atoms with van der Waals surface area (Å²) in [5.41, 5.74) is 0.841. The molecule has 2 aromatic rings. The van der Waals surface area contributed by atoms with Crippen molar-refractivity contribution in [3.05, 3.63) is 59.7 Å². The highest BCUT2D eigenvalue weighted by atomic mass is 32.2. The molecule has 1 atom stereocenters. The second kappa shape index (κ2) is 9.60. The van der Waals surface area contributed by atoms with E-state index in [1.165, 1.54) is 0 Å². The molecule has 0 radical (unpaired) electrons. The second-order valence-corrected chi connectivity index (χ2v) is 9.62. The Hall–Kier alpha value is -2.43. The monoisotopic (exact) mass is 469 g/mol. The van der Waals surface area contributed by atoms with Gasteiger partial charge in [-0.2, -0.15) is 17.5 Å². The first-order chi connectivity index (χ1) is 15.0. The zero-order valence-electron chi connectivity index (χ0n) is 17.9. The first-order valence-corrected chi connectivity index (χ1v) is 11.8. The largest absolute Gasteiger partial charge is 0.416 e. The van der Waals surface area contributed by atoms with Crippen LogP contribution in [0, 0.1) is 0 Å². The van der Waals surface area contributed by atoms with Gasteiger partial charge in [-0.3, -0.25) is 9.69 Å². The molecule has 6 nitrogen and oxygen atoms in total. The van der Waals surface area contributed by atoms with E-state index >= 15 is 0 Å². The SMILES string of the molecule is CCc1ccc(NC(=O)C(C)N2CCN(S(=O)(=O)c3cccc(C(F)(F)F)c3)CC2)cc1. The lowest BCUT2D eigenvalue weighted by Gasteiger charge is -2.36. The lowest BCUT2D eigenvalue weighted by Crippen LogP contribution is -2.53. The summed E-state index contributed by atoms with van der Waals surface area (Å²) in [6, 6.07) is 10.8. The Morgan fingerprint density at radius 1 is 1.06 bits per heavy atom. The molecule has 1 fully saturated rings. The molecule has 1 unspecified atom stereocenters. The number of anilines is 1. The fourth-order valence-electron chi connectivity index (χ4n) is 3.55. The van der Waals surface area contributed by atoms with Gasteiger partial charge in [-0.05, 0) is 49.2 Å². The quantitative estimate of drug-likeness (QED) is 0.702. The Morgan fingerprint density at radius 2 is 1.69 bits per heavy atom. The predicted octanol–water partition coefficient (Wildman–Crippen LogP) is 3.60. The number of hydrogen-bond acceptors (Lipinski definition) is 4. The van der Waals surface area contributed by atoms with Crippen LogP contribution in [-0.2, 0) is 27.4 Å². The summed E-state index contributed by atoms with van der Waals surface area (Å²) in [4.78, 5) is 14.1. The molecule has 0 spiro atoms. The number of amides is 1. The van der Waals surface area contributed by atoms with Crippen molar-refractivity contribution in [2.75, 3.05) is 31.5 Å². The summed E-state index contributed by atoms with van der Waals surface area (Å²) >= 11 is 0. The summed E-state index contributed by atoms with van der Waals surface area (Å²) in [6.07, 6.45) is -3.72. The molecule has 1 heterocycles. The van der Waals surface area contributed by atoms with E-state index < -0.39 is 27.8 Å². The van der Waals surface area contributed by atoms with E-state index in [0.717, 1.165) is 34.5 Å². The van der Waals surface area contributed by atoms with E-state index in [4.69, 9.17) is 0 Å². The van der Waals surface area contributed by atoms with Crippen molar-refractivity contribution in [2.24, 2.45) is 0 Å². The van der Waals surface area contributed by atoms with Crippen LogP contribution < -0.4 is 5.32 Å². The van der Waals surface area contributed by atoms with Gasteiger partial charge in [-0.1, -0.05) is 25.1 Å². The predicted molar refractivity (Wildman–Crippen MR) is 116 cm³/mol. The first kappa shape index (κ1) is 24.2. The average Bonchev–Trinajstić information content (AvgIpc) is 2.78. The zero-order chi connectivity index (χ0) is 23.5. The van der Waals surface area contributed by atoms with Crippen LogP contribution in [0.3, 0.4) is 0 Å². The Bertz CT molecular complexity index is 1050. The van der Waals surface area contributed by atoms with Crippen molar-refractivity contribution in [2.45, 2.75) is 37.4 Å². The molecule has 1 aliphatic heterocycles. The molecule has 10 heteroatoms. The number of rotatable bonds is 6. The van der Waals surface area contributed by atoms with Gasteiger partial charge >= 0.3 is 6.18 Å². The lowest BCUT2D eigenvalue weighted by molar-refractivity contribution is -0.137. The van der Waals surface area contributed by atoms with Gasteiger partial charge < -0.3 is 5.32 Å². The van der Waals surface area contributed by atoms with Crippen LogP contribution >= 0.6 is 0 Å². The molecule has 1 aliphatic rings. The summed E-state index contributed by atoms with van der Waals surface area (Å²) in [5.74, 6) is -0.205. The minimum absolute atomic E-state index is 0.0847. The number of carbonyl (C=O) groups is 1. The minimum Gasteiger partial charge on any atom is -0.325 e. The third kappa shape index (κ3) is 5.48. The van der Waals surface area contributed by atoms with Gasteiger partial charge in [0.05, 0.1) is 16.5 Å². The summed E-state index contributed by atoms with van der Waals surface area (Å²) in [5, 5.41) is 2.86. The summed E-state index contributed by atoms with van der Waals surface area (Å²) in [7, 11) is -4.06. The van der Waals surface area contributed by atoms with Crippen molar-refractivity contribution < 1.29 is 26.4 Å². The van der Waals surface area contributed by atoms with Crippen molar-refractivity contribution in [1.29, 1.82) is 0 Å². The van der Waals surface area contributed by atoms with Crippen LogP contribution in [0.2, 0.25) is 0 Å². The topological polar surface area (TPSA) is 69.7 Å². The molecular formula is C22H26F3N3O3S. The summed E-state index contributed by atoms with van der Waals surface area (Å²) in [6.45, 7) is 4.54. The van der Waals surface area contributed by atoms with E-state index in [1.807, 2.05) is 36.1 Å². The maximum Gasteiger partial charge on any atom is 0.416 e. The Labute approximate surface area is 186 Å². The lowest BCUT2D eigenvalue weighted by atomic mass is 10.1. The molecule has 0 aliphatic carbocycles. The van der Waals surface area contributed by atoms with Gasteiger partial charge in [0, 0.05) is 31.9 Å². The molecule has 0 aromatic heterocycles. The van der Waals surface area contributed by atoms with Gasteiger partial charge in [-0.15, -0.1) is 0 Å². The van der Waals surface area contributed by atoms with Crippen LogP contribution in [0.4, 0.5) is 18.9 Å². The van der Waals surface area contributed by atoms with E-state index in [0.29, 0.717) is 24.8 Å². The van der Waals surface area contributed by atoms with Crippen LogP contribution in [-0.4, -0.2) is 55.8 Å². The fraction of sp³-hybridized carbons (Fsp3) is 0.409. The van der Waals surface area contributed by atoms with Gasteiger partial charge in [0.2, 0.25) is 15.9 Å². The van der Waals surface area contributed by atoms with Crippen LogP contribution in [0.15, 0.2) is 53.4 Å². The highest BCUT2D eigenvalue weighted by molar-refractivity contribution is 7.89. The smallest absolute Gasteiger partial charge is 0.325 e. The molecule has 1 saturated heterocycles. The average molecular weight is 470 g/mol. The molecular weight excluding hydrogens is 443 g/mol. The Kier molecular flexibility index (Phi) is 7.26. The minimum atomic E-state index is -4.62. The van der Waals surface area contributed by atoms with Crippen LogP contribution in [0.1, 0.15) is 25.0 Å². The number of hydrogen-bond donors (Lipinski definition) is 1. The van der Waals surface area contributed by atoms with Gasteiger partial charge in [0.1, 0.15) is 0 Å². The standard InChI is InChI=1S/C22H26F3N3O3S/c1-3-17-7-9-19(10-8-17)26-21(29)16(2)27-11-13-28(14-12-27)32(30,31)20-6-4-5-18(15-20)22(23,24)25/h4-10,15-16H,3,11-14H2,1-2H3,(H,26,29). The molecule has 174 valence electrons. The third-order valence-corrected chi connectivity index (χ3v) is 7.52. The Morgan fingerprint density at radius 3 is 2.25 bits per heavy atom. The van der Waals surface area contributed by atoms with E-state index in [1.54, 1.807) is 6.92 Å². The number of alkyl halides is 3. The Balaban J connectivity index is 1.61. The molecule has 1 amide bonds. The molecule has 32 heavy (non-hydrogen) atoms. The third-order valence-electron chi connectivity index (χ3n) is 5.63. The van der Waals surface area contributed by atoms with Crippen molar-refractivity contribution in [3.8, 4) is 0 Å². The number of nitrogens with zero attached hydrogens (tertiary/aromatic N) is 2. The number of sulfonamides is 1. The van der Waals surface area contributed by atoms with Crippen molar-refractivity contribution in [3.63, 3.8) is 0 Å². The highest BCUT2D eigenvalue weighted by Gasteiger charge is 2.35. The van der Waals surface area contributed by atoms with Crippen LogP contribution in [0.25, 0.3) is 0 Å². The van der Waals surface area contributed by atoms with E-state index in [9.17, 15) is 26.4 Å².